The fourth-order valence-electron chi connectivity index (χ4n) is 6.55. The van der Waals surface area contributed by atoms with Gasteiger partial charge in [-0.2, -0.15) is 5.10 Å². The van der Waals surface area contributed by atoms with Gasteiger partial charge in [-0.1, -0.05) is 6.07 Å². The van der Waals surface area contributed by atoms with E-state index >= 15 is 0 Å². The molecule has 2 atom stereocenters. The number of anilines is 1. The summed E-state index contributed by atoms with van der Waals surface area (Å²) in [5.74, 6) is -3.20. The molecule has 1 aromatic heterocycles. The van der Waals surface area contributed by atoms with Gasteiger partial charge in [-0.3, -0.25) is 19.1 Å². The van der Waals surface area contributed by atoms with E-state index in [-0.39, 0.29) is 48.6 Å². The molecule has 3 N–H and O–H groups in total. The second-order valence-corrected chi connectivity index (χ2v) is 12.4. The van der Waals surface area contributed by atoms with Gasteiger partial charge >= 0.3 is 0 Å². The maximum Gasteiger partial charge on any atom is 0.270 e. The van der Waals surface area contributed by atoms with E-state index in [1.165, 1.54) is 0 Å². The molecule has 0 spiro atoms. The number of carbonyl (C=O) groups is 3. The van der Waals surface area contributed by atoms with E-state index in [1.807, 2.05) is 32.0 Å². The number of fused-ring (bicyclic) bond motifs is 1. The first-order chi connectivity index (χ1) is 19.1. The van der Waals surface area contributed by atoms with Crippen molar-refractivity contribution >= 4 is 23.4 Å². The molecule has 3 amide bonds. The highest BCUT2D eigenvalue weighted by atomic mass is 19.3. The predicted molar refractivity (Wildman–Crippen MR) is 145 cm³/mol. The summed E-state index contributed by atoms with van der Waals surface area (Å²) in [6.45, 7) is 3.92. The van der Waals surface area contributed by atoms with Crippen molar-refractivity contribution in [2.75, 3.05) is 5.32 Å². The molecule has 0 radical (unpaired) electrons. The molecule has 4 aliphatic rings. The van der Waals surface area contributed by atoms with Crippen LogP contribution in [0.4, 0.5) is 14.5 Å². The third-order valence-corrected chi connectivity index (χ3v) is 8.94. The number of hydrogen-bond donors (Lipinski definition) is 3. The van der Waals surface area contributed by atoms with E-state index in [0.717, 1.165) is 43.2 Å². The number of alkyl halides is 2. The van der Waals surface area contributed by atoms with Crippen LogP contribution in [0.5, 0.6) is 0 Å². The molecule has 4 aliphatic carbocycles. The monoisotopic (exact) mass is 553 g/mol. The van der Waals surface area contributed by atoms with Crippen LogP contribution >= 0.6 is 0 Å². The number of nitrogens with zero attached hydrogens (tertiary/aromatic N) is 2. The number of halogens is 2. The molecule has 0 saturated heterocycles. The van der Waals surface area contributed by atoms with Crippen LogP contribution in [0.2, 0.25) is 0 Å². The second kappa shape index (κ2) is 10.3. The Kier molecular flexibility index (Phi) is 6.91. The maximum absolute atomic E-state index is 13.8. The predicted octanol–water partition coefficient (Wildman–Crippen LogP) is 4.79. The summed E-state index contributed by atoms with van der Waals surface area (Å²) in [5.41, 5.74) is 3.06. The number of aryl methyl sites for hydroxylation is 1. The Bertz CT molecular complexity index is 1300. The van der Waals surface area contributed by atoms with Gasteiger partial charge in [0.15, 0.2) is 0 Å². The Morgan fingerprint density at radius 2 is 1.73 bits per heavy atom. The van der Waals surface area contributed by atoms with Crippen molar-refractivity contribution in [1.29, 1.82) is 0 Å². The Hall–Kier alpha value is -3.30. The summed E-state index contributed by atoms with van der Waals surface area (Å²) in [4.78, 5) is 39.5. The van der Waals surface area contributed by atoms with Crippen LogP contribution < -0.4 is 16.0 Å². The van der Waals surface area contributed by atoms with Gasteiger partial charge in [0, 0.05) is 36.7 Å². The molecule has 2 aromatic rings. The summed E-state index contributed by atoms with van der Waals surface area (Å²) in [6, 6.07) is 6.46. The average molecular weight is 554 g/mol. The molecular formula is C30H37F2N5O3. The first-order valence-electron chi connectivity index (χ1n) is 14.6. The van der Waals surface area contributed by atoms with Crippen LogP contribution in [0, 0.1) is 23.7 Å². The standard InChI is InChI=1S/C30H37F2N5O3/c1-16(2)37-24(11-12-33-37)28(39)36-26(25(17-3-4-17)18-5-6-18)29(40)34-21-8-9-22-19(13-21)7-10-23(22)35-27(38)20-14-30(31,32)15-20/h8-9,11-13,16-18,20,23,25-26H,3-7,10,14-15H2,1-2H3,(H,34,40)(H,35,38)(H,36,39)/t23-,26+/m1/s1. The van der Waals surface area contributed by atoms with Crippen molar-refractivity contribution < 1.29 is 23.2 Å². The van der Waals surface area contributed by atoms with E-state index in [2.05, 4.69) is 21.0 Å². The van der Waals surface area contributed by atoms with Crippen molar-refractivity contribution in [1.82, 2.24) is 20.4 Å². The first kappa shape index (κ1) is 26.9. The molecule has 0 unspecified atom stereocenters. The highest BCUT2D eigenvalue weighted by Crippen LogP contribution is 2.51. The van der Waals surface area contributed by atoms with Crippen molar-refractivity contribution in [2.24, 2.45) is 23.7 Å². The Balaban J connectivity index is 1.15. The molecule has 10 heteroatoms. The number of hydrogen-bond acceptors (Lipinski definition) is 4. The smallest absolute Gasteiger partial charge is 0.270 e. The molecule has 6 rings (SSSR count). The summed E-state index contributed by atoms with van der Waals surface area (Å²) in [5, 5.41) is 13.3. The van der Waals surface area contributed by atoms with Gasteiger partial charge in [0.2, 0.25) is 17.7 Å². The van der Waals surface area contributed by atoms with Crippen LogP contribution in [0.1, 0.15) is 92.5 Å². The van der Waals surface area contributed by atoms with E-state index in [9.17, 15) is 23.2 Å². The molecule has 3 fully saturated rings. The number of benzene rings is 1. The van der Waals surface area contributed by atoms with Gasteiger partial charge in [0.25, 0.3) is 5.91 Å². The number of nitrogens with one attached hydrogen (secondary N) is 3. The lowest BCUT2D eigenvalue weighted by molar-refractivity contribution is -0.150. The van der Waals surface area contributed by atoms with Gasteiger partial charge in [0.05, 0.1) is 6.04 Å². The zero-order valence-corrected chi connectivity index (χ0v) is 23.0. The third-order valence-electron chi connectivity index (χ3n) is 8.94. The van der Waals surface area contributed by atoms with E-state index < -0.39 is 17.9 Å². The number of carbonyl (C=O) groups excluding carboxylic acids is 3. The summed E-state index contributed by atoms with van der Waals surface area (Å²) < 4.78 is 28.1. The van der Waals surface area contributed by atoms with Crippen molar-refractivity contribution in [2.45, 2.75) is 89.3 Å². The Labute approximate surface area is 232 Å². The van der Waals surface area contributed by atoms with Crippen molar-refractivity contribution in [3.63, 3.8) is 0 Å². The lowest BCUT2D eigenvalue weighted by atomic mass is 9.80. The van der Waals surface area contributed by atoms with Crippen molar-refractivity contribution in [3.8, 4) is 0 Å². The van der Waals surface area contributed by atoms with E-state index in [1.54, 1.807) is 16.9 Å². The first-order valence-corrected chi connectivity index (χ1v) is 14.6. The zero-order chi connectivity index (χ0) is 28.2. The molecule has 1 aromatic carbocycles. The number of rotatable bonds is 10. The largest absolute Gasteiger partial charge is 0.349 e. The third kappa shape index (κ3) is 5.49. The molecule has 3 saturated carbocycles. The molecule has 0 bridgehead atoms. The van der Waals surface area contributed by atoms with Gasteiger partial charge in [-0.15, -0.1) is 0 Å². The SMILES string of the molecule is CC(C)n1nccc1C(=O)N[C@H](C(=O)Nc1ccc2c(c1)CC[C@H]2NC(=O)C1CC(F)(F)C1)C(C1CC1)C1CC1. The van der Waals surface area contributed by atoms with Crippen molar-refractivity contribution in [3.05, 3.63) is 47.3 Å². The van der Waals surface area contributed by atoms with Gasteiger partial charge < -0.3 is 16.0 Å². The molecule has 40 heavy (non-hydrogen) atoms. The minimum atomic E-state index is -2.73. The molecule has 8 nitrogen and oxygen atoms in total. The van der Waals surface area contributed by atoms with Gasteiger partial charge in [-0.05, 0) is 99.5 Å². The van der Waals surface area contributed by atoms with E-state index in [4.69, 9.17) is 0 Å². The second-order valence-electron chi connectivity index (χ2n) is 12.4. The average Bonchev–Trinajstić information content (AvgIpc) is 3.82. The minimum Gasteiger partial charge on any atom is -0.349 e. The summed E-state index contributed by atoms with van der Waals surface area (Å²) in [7, 11) is 0. The molecule has 1 heterocycles. The van der Waals surface area contributed by atoms with Gasteiger partial charge in [0.1, 0.15) is 11.7 Å². The Morgan fingerprint density at radius 3 is 2.35 bits per heavy atom. The highest BCUT2D eigenvalue weighted by molar-refractivity contribution is 6.01. The topological polar surface area (TPSA) is 105 Å². The quantitative estimate of drug-likeness (QED) is 0.394. The zero-order valence-electron chi connectivity index (χ0n) is 23.0. The maximum atomic E-state index is 13.8. The lowest BCUT2D eigenvalue weighted by Gasteiger charge is -2.34. The normalized spacial score (nSPS) is 22.5. The fraction of sp³-hybridized carbons (Fsp3) is 0.600. The summed E-state index contributed by atoms with van der Waals surface area (Å²) >= 11 is 0. The van der Waals surface area contributed by atoms with E-state index in [0.29, 0.717) is 29.6 Å². The molecule has 214 valence electrons. The number of amides is 3. The number of aromatic nitrogens is 2. The molecular weight excluding hydrogens is 516 g/mol. The van der Waals surface area contributed by atoms with Crippen LogP contribution in [-0.2, 0) is 16.0 Å². The fourth-order valence-corrected chi connectivity index (χ4v) is 6.55. The lowest BCUT2D eigenvalue weighted by Crippen LogP contribution is -2.50. The highest BCUT2D eigenvalue weighted by Gasteiger charge is 2.50. The van der Waals surface area contributed by atoms with Crippen LogP contribution in [-0.4, -0.2) is 39.5 Å². The molecule has 0 aliphatic heterocycles. The summed E-state index contributed by atoms with van der Waals surface area (Å²) in [6.07, 6.45) is 6.55. The van der Waals surface area contributed by atoms with Crippen LogP contribution in [0.15, 0.2) is 30.5 Å². The minimum absolute atomic E-state index is 0.0142. The van der Waals surface area contributed by atoms with Gasteiger partial charge in [-0.25, -0.2) is 8.78 Å². The van der Waals surface area contributed by atoms with Crippen LogP contribution in [0.25, 0.3) is 0 Å². The van der Waals surface area contributed by atoms with Crippen LogP contribution in [0.3, 0.4) is 0 Å². The Morgan fingerprint density at radius 1 is 1.02 bits per heavy atom.